The summed E-state index contributed by atoms with van der Waals surface area (Å²) < 4.78 is 9.55. The predicted molar refractivity (Wildman–Crippen MR) is 27.8 cm³/mol. The van der Waals surface area contributed by atoms with Crippen LogP contribution in [0.4, 0.5) is 0 Å². The van der Waals surface area contributed by atoms with Gasteiger partial charge in [-0.3, -0.25) is 0 Å². The maximum absolute atomic E-state index is 4.81. The van der Waals surface area contributed by atoms with Crippen molar-refractivity contribution < 1.29 is 9.47 Å². The maximum Gasteiger partial charge on any atom is 0.187 e. The Bertz CT molecular complexity index is 25.3. The van der Waals surface area contributed by atoms with Gasteiger partial charge in [0.25, 0.3) is 0 Å². The first-order valence-corrected chi connectivity index (χ1v) is 2.36. The van der Waals surface area contributed by atoms with Gasteiger partial charge >= 0.3 is 0 Å². The van der Waals surface area contributed by atoms with Crippen LogP contribution >= 0.6 is 0 Å². The molecule has 0 saturated heterocycles. The molecule has 0 unspecified atom stereocenters. The summed E-state index contributed by atoms with van der Waals surface area (Å²) in [6.07, 6.45) is 0. The second kappa shape index (κ2) is 5.79. The van der Waals surface area contributed by atoms with Gasteiger partial charge in [-0.15, -0.1) is 0 Å². The molecule has 0 aliphatic rings. The Hall–Kier alpha value is -0.210. The Morgan fingerprint density at radius 3 is 2.57 bits per heavy atom. The zero-order valence-corrected chi connectivity index (χ0v) is 4.64. The molecule has 7 heavy (non-hydrogen) atoms. The van der Waals surface area contributed by atoms with Crippen LogP contribution in [0.2, 0.25) is 0 Å². The van der Waals surface area contributed by atoms with Crippen LogP contribution in [0.25, 0.3) is 0 Å². The second-order valence-electron chi connectivity index (χ2n) is 1.02. The molecule has 2 heteroatoms. The molecule has 0 radical (unpaired) electrons. The molecular formula is C5H11O2+. The highest BCUT2D eigenvalue weighted by molar-refractivity contribution is 4.23. The largest absolute Gasteiger partial charge is 0.356 e. The van der Waals surface area contributed by atoms with Crippen molar-refractivity contribution in [2.45, 2.75) is 6.92 Å². The van der Waals surface area contributed by atoms with E-state index in [1.165, 1.54) is 0 Å². The molecule has 0 spiro atoms. The first kappa shape index (κ1) is 6.79. The molecule has 0 amide bonds. The van der Waals surface area contributed by atoms with Crippen LogP contribution in [0, 0.1) is 6.92 Å². The minimum absolute atomic E-state index is 0.375. The van der Waals surface area contributed by atoms with Gasteiger partial charge in [-0.2, -0.15) is 0 Å². The third-order valence-electron chi connectivity index (χ3n) is 0.515. The van der Waals surface area contributed by atoms with Gasteiger partial charge < -0.3 is 9.47 Å². The van der Waals surface area contributed by atoms with Gasteiger partial charge in [0.05, 0.1) is 6.92 Å². The fourth-order valence-electron chi connectivity index (χ4n) is 0.201. The monoisotopic (exact) mass is 103 g/mol. The van der Waals surface area contributed by atoms with E-state index < -0.39 is 0 Å². The maximum atomic E-state index is 4.81. The number of hydrogen-bond acceptors (Lipinski definition) is 2. The minimum Gasteiger partial charge on any atom is -0.356 e. The molecule has 0 aromatic heterocycles. The van der Waals surface area contributed by atoms with Gasteiger partial charge in [-0.1, -0.05) is 0 Å². The van der Waals surface area contributed by atoms with Gasteiger partial charge in [0.1, 0.15) is 0 Å². The third kappa shape index (κ3) is 5.79. The van der Waals surface area contributed by atoms with Gasteiger partial charge in [0.2, 0.25) is 0 Å². The molecule has 0 rings (SSSR count). The Labute approximate surface area is 44.4 Å². The van der Waals surface area contributed by atoms with E-state index in [4.69, 9.17) is 9.47 Å². The topological polar surface area (TPSA) is 18.5 Å². The average Bonchev–Trinajstić information content (AvgIpc) is 1.69. The van der Waals surface area contributed by atoms with Crippen LogP contribution in [0.1, 0.15) is 6.92 Å². The second-order valence-corrected chi connectivity index (χ2v) is 1.02. The Balaban J connectivity index is 2.45. The molecule has 42 valence electrons. The standard InChI is InChI=1S/C5H11O2/c1-3-6-5-7-4-2/h1,3-5H2,2H3/q+1. The summed E-state index contributed by atoms with van der Waals surface area (Å²) >= 11 is 0. The van der Waals surface area contributed by atoms with Crippen LogP contribution in [-0.4, -0.2) is 20.0 Å². The fourth-order valence-corrected chi connectivity index (χ4v) is 0.201. The van der Waals surface area contributed by atoms with Crippen molar-refractivity contribution in [1.82, 2.24) is 0 Å². The average molecular weight is 103 g/mol. The SMILES string of the molecule is [CH2+]COCOCC. The molecular weight excluding hydrogens is 92.1 g/mol. The lowest BCUT2D eigenvalue weighted by Crippen LogP contribution is -1.97. The van der Waals surface area contributed by atoms with E-state index in [0.717, 1.165) is 0 Å². The van der Waals surface area contributed by atoms with Crippen LogP contribution < -0.4 is 0 Å². The summed E-state index contributed by atoms with van der Waals surface area (Å²) in [7, 11) is 0. The van der Waals surface area contributed by atoms with Crippen molar-refractivity contribution in [2.24, 2.45) is 0 Å². The zero-order chi connectivity index (χ0) is 5.54. The highest BCUT2D eigenvalue weighted by Gasteiger charge is 1.80. The summed E-state index contributed by atoms with van der Waals surface area (Å²) in [4.78, 5) is 0. The fraction of sp³-hybridized carbons (Fsp3) is 0.800. The molecule has 0 aromatic carbocycles. The Kier molecular flexibility index (Phi) is 5.62. The van der Waals surface area contributed by atoms with Crippen LogP contribution in [-0.2, 0) is 9.47 Å². The van der Waals surface area contributed by atoms with Gasteiger partial charge in [0.15, 0.2) is 13.4 Å². The van der Waals surface area contributed by atoms with E-state index >= 15 is 0 Å². The summed E-state index contributed by atoms with van der Waals surface area (Å²) in [6.45, 7) is 6.95. The van der Waals surface area contributed by atoms with E-state index in [9.17, 15) is 0 Å². The molecule has 0 fully saturated rings. The van der Waals surface area contributed by atoms with Gasteiger partial charge in [-0.25, -0.2) is 0 Å². The highest BCUT2D eigenvalue weighted by atomic mass is 16.7. The molecule has 0 aromatic rings. The Morgan fingerprint density at radius 1 is 1.43 bits per heavy atom. The third-order valence-corrected chi connectivity index (χ3v) is 0.515. The lowest BCUT2D eigenvalue weighted by molar-refractivity contribution is -0.0395. The smallest absolute Gasteiger partial charge is 0.187 e. The predicted octanol–water partition coefficient (Wildman–Crippen LogP) is 0.831. The first-order valence-electron chi connectivity index (χ1n) is 2.36. The zero-order valence-electron chi connectivity index (χ0n) is 4.64. The summed E-state index contributed by atoms with van der Waals surface area (Å²) in [5.41, 5.74) is 0. The highest BCUT2D eigenvalue weighted by Crippen LogP contribution is 1.73. The molecule has 0 N–H and O–H groups in total. The lowest BCUT2D eigenvalue weighted by Gasteiger charge is -1.94. The van der Waals surface area contributed by atoms with E-state index in [1.54, 1.807) is 0 Å². The quantitative estimate of drug-likeness (QED) is 0.298. The van der Waals surface area contributed by atoms with Gasteiger partial charge in [0, 0.05) is 6.61 Å². The molecule has 0 aliphatic carbocycles. The van der Waals surface area contributed by atoms with Crippen LogP contribution in [0.3, 0.4) is 0 Å². The molecule has 0 heterocycles. The van der Waals surface area contributed by atoms with E-state index in [2.05, 4.69) is 6.92 Å². The normalized spacial score (nSPS) is 9.29. The van der Waals surface area contributed by atoms with E-state index in [-0.39, 0.29) is 0 Å². The minimum atomic E-state index is 0.375. The van der Waals surface area contributed by atoms with Crippen molar-refractivity contribution in [3.05, 3.63) is 6.92 Å². The summed E-state index contributed by atoms with van der Waals surface area (Å²) in [5.74, 6) is 0. The first-order chi connectivity index (χ1) is 3.41. The van der Waals surface area contributed by atoms with E-state index in [0.29, 0.717) is 20.0 Å². The van der Waals surface area contributed by atoms with Crippen molar-refractivity contribution in [3.8, 4) is 0 Å². The Morgan fingerprint density at radius 2 is 2.14 bits per heavy atom. The number of hydrogen-bond donors (Lipinski definition) is 0. The molecule has 2 nitrogen and oxygen atoms in total. The van der Waals surface area contributed by atoms with Crippen molar-refractivity contribution >= 4 is 0 Å². The molecule has 0 atom stereocenters. The number of ether oxygens (including phenoxy) is 2. The van der Waals surface area contributed by atoms with Crippen molar-refractivity contribution in [3.63, 3.8) is 0 Å². The summed E-state index contributed by atoms with van der Waals surface area (Å²) in [5, 5.41) is 0. The lowest BCUT2D eigenvalue weighted by atomic mass is 10.9. The summed E-state index contributed by atoms with van der Waals surface area (Å²) in [6, 6.07) is 0. The molecule has 0 aliphatic heterocycles. The molecule has 0 saturated carbocycles. The van der Waals surface area contributed by atoms with Crippen LogP contribution in [0.5, 0.6) is 0 Å². The van der Waals surface area contributed by atoms with E-state index in [1.807, 2.05) is 6.92 Å². The van der Waals surface area contributed by atoms with Crippen molar-refractivity contribution in [2.75, 3.05) is 20.0 Å². The number of rotatable bonds is 4. The van der Waals surface area contributed by atoms with Gasteiger partial charge in [-0.05, 0) is 6.92 Å². The van der Waals surface area contributed by atoms with Crippen molar-refractivity contribution in [1.29, 1.82) is 0 Å². The van der Waals surface area contributed by atoms with Crippen LogP contribution in [0.15, 0.2) is 0 Å². The molecule has 0 bridgehead atoms.